The molecule has 1 unspecified atom stereocenters. The first-order valence-electron chi connectivity index (χ1n) is 5.91. The molecule has 0 saturated carbocycles. The van der Waals surface area contributed by atoms with Crippen molar-refractivity contribution < 1.29 is 24.2 Å². The first-order valence-corrected chi connectivity index (χ1v) is 5.91. The van der Waals surface area contributed by atoms with Gasteiger partial charge in [0.15, 0.2) is 0 Å². The van der Waals surface area contributed by atoms with Crippen LogP contribution in [-0.4, -0.2) is 47.2 Å². The van der Waals surface area contributed by atoms with Gasteiger partial charge in [-0.1, -0.05) is 0 Å². The van der Waals surface area contributed by atoms with Crippen LogP contribution in [0.1, 0.15) is 16.9 Å². The zero-order valence-electron chi connectivity index (χ0n) is 11.0. The standard InChI is InChI=1S/C12H17N3O5/c1-20-6-5-15-4-2-3-9(15)11(17)14-8(12(18)19)7-10(13)16/h2-4,8H,5-7H2,1H3,(H2,13,16)(H,14,17)(H,18,19). The second-order valence-corrected chi connectivity index (χ2v) is 4.11. The van der Waals surface area contributed by atoms with Crippen LogP contribution >= 0.6 is 0 Å². The average molecular weight is 283 g/mol. The molecule has 1 rings (SSSR count). The number of carbonyl (C=O) groups excluding carboxylic acids is 2. The number of nitrogens with zero attached hydrogens (tertiary/aromatic N) is 1. The predicted molar refractivity (Wildman–Crippen MR) is 69.0 cm³/mol. The topological polar surface area (TPSA) is 124 Å². The van der Waals surface area contributed by atoms with E-state index >= 15 is 0 Å². The van der Waals surface area contributed by atoms with E-state index < -0.39 is 30.2 Å². The van der Waals surface area contributed by atoms with Gasteiger partial charge in [-0.2, -0.15) is 0 Å². The van der Waals surface area contributed by atoms with Crippen molar-refractivity contribution in [1.82, 2.24) is 9.88 Å². The Bertz CT molecular complexity index is 497. The van der Waals surface area contributed by atoms with E-state index in [9.17, 15) is 14.4 Å². The van der Waals surface area contributed by atoms with Gasteiger partial charge in [-0.25, -0.2) is 4.79 Å². The van der Waals surface area contributed by atoms with E-state index in [0.717, 1.165) is 0 Å². The zero-order valence-corrected chi connectivity index (χ0v) is 11.0. The number of carboxylic acid groups (broad SMARTS) is 1. The molecule has 0 aliphatic rings. The summed E-state index contributed by atoms with van der Waals surface area (Å²) in [4.78, 5) is 33.7. The van der Waals surface area contributed by atoms with E-state index in [2.05, 4.69) is 5.32 Å². The Kier molecular flexibility index (Phi) is 5.73. The van der Waals surface area contributed by atoms with Crippen LogP contribution in [-0.2, 0) is 20.9 Å². The third-order valence-corrected chi connectivity index (χ3v) is 2.61. The lowest BCUT2D eigenvalue weighted by molar-refractivity contribution is -0.140. The van der Waals surface area contributed by atoms with Crippen molar-refractivity contribution in [2.75, 3.05) is 13.7 Å². The molecule has 0 saturated heterocycles. The van der Waals surface area contributed by atoms with E-state index in [0.29, 0.717) is 13.2 Å². The number of methoxy groups -OCH3 is 1. The maximum Gasteiger partial charge on any atom is 0.326 e. The molecule has 0 aromatic carbocycles. The van der Waals surface area contributed by atoms with E-state index in [1.807, 2.05) is 0 Å². The van der Waals surface area contributed by atoms with Crippen LogP contribution in [0.15, 0.2) is 18.3 Å². The van der Waals surface area contributed by atoms with E-state index in [-0.39, 0.29) is 5.69 Å². The number of primary amides is 1. The molecule has 20 heavy (non-hydrogen) atoms. The Morgan fingerprint density at radius 2 is 2.20 bits per heavy atom. The van der Waals surface area contributed by atoms with Crippen molar-refractivity contribution in [2.45, 2.75) is 19.0 Å². The number of nitrogens with two attached hydrogens (primary N) is 1. The van der Waals surface area contributed by atoms with Gasteiger partial charge in [0.05, 0.1) is 13.0 Å². The fourth-order valence-electron chi connectivity index (χ4n) is 1.64. The van der Waals surface area contributed by atoms with Crippen LogP contribution < -0.4 is 11.1 Å². The van der Waals surface area contributed by atoms with Crippen LogP contribution in [0.2, 0.25) is 0 Å². The molecule has 1 heterocycles. The number of aromatic nitrogens is 1. The quantitative estimate of drug-likeness (QED) is 0.576. The number of aliphatic carboxylic acids is 1. The number of carbonyl (C=O) groups is 3. The molecule has 0 spiro atoms. The lowest BCUT2D eigenvalue weighted by Crippen LogP contribution is -2.43. The van der Waals surface area contributed by atoms with Crippen molar-refractivity contribution in [3.8, 4) is 0 Å². The minimum Gasteiger partial charge on any atom is -0.480 e. The van der Waals surface area contributed by atoms with Gasteiger partial charge in [0.25, 0.3) is 5.91 Å². The molecule has 0 aliphatic heterocycles. The summed E-state index contributed by atoms with van der Waals surface area (Å²) >= 11 is 0. The monoisotopic (exact) mass is 283 g/mol. The Hall–Kier alpha value is -2.35. The Labute approximate surface area is 115 Å². The fraction of sp³-hybridized carbons (Fsp3) is 0.417. The van der Waals surface area contributed by atoms with Crippen LogP contribution in [0, 0.1) is 0 Å². The van der Waals surface area contributed by atoms with Gasteiger partial charge in [-0.05, 0) is 12.1 Å². The first kappa shape index (κ1) is 15.7. The molecule has 0 bridgehead atoms. The molecule has 8 nitrogen and oxygen atoms in total. The highest BCUT2D eigenvalue weighted by molar-refractivity contribution is 5.96. The number of rotatable bonds is 8. The Morgan fingerprint density at radius 1 is 1.50 bits per heavy atom. The Morgan fingerprint density at radius 3 is 2.75 bits per heavy atom. The maximum absolute atomic E-state index is 12.0. The number of amides is 2. The highest BCUT2D eigenvalue weighted by Crippen LogP contribution is 2.04. The largest absolute Gasteiger partial charge is 0.480 e. The molecule has 0 fully saturated rings. The van der Waals surface area contributed by atoms with Gasteiger partial charge < -0.3 is 25.5 Å². The zero-order chi connectivity index (χ0) is 15.1. The van der Waals surface area contributed by atoms with Crippen LogP contribution in [0.25, 0.3) is 0 Å². The maximum atomic E-state index is 12.0. The molecule has 4 N–H and O–H groups in total. The van der Waals surface area contributed by atoms with E-state index in [1.54, 1.807) is 22.9 Å². The van der Waals surface area contributed by atoms with Crippen LogP contribution in [0.4, 0.5) is 0 Å². The Balaban J connectivity index is 2.76. The van der Waals surface area contributed by atoms with Crippen molar-refractivity contribution in [3.63, 3.8) is 0 Å². The van der Waals surface area contributed by atoms with Crippen molar-refractivity contribution in [2.24, 2.45) is 5.73 Å². The van der Waals surface area contributed by atoms with Crippen molar-refractivity contribution in [1.29, 1.82) is 0 Å². The van der Waals surface area contributed by atoms with E-state index in [1.165, 1.54) is 7.11 Å². The molecule has 0 aliphatic carbocycles. The summed E-state index contributed by atoms with van der Waals surface area (Å²) in [6, 6.07) is 1.87. The van der Waals surface area contributed by atoms with Gasteiger partial charge in [-0.3, -0.25) is 9.59 Å². The molecule has 1 aromatic heterocycles. The first-order chi connectivity index (χ1) is 9.45. The minimum atomic E-state index is -1.34. The summed E-state index contributed by atoms with van der Waals surface area (Å²) in [6.07, 6.45) is 1.22. The lowest BCUT2D eigenvalue weighted by atomic mass is 10.2. The molecule has 1 atom stereocenters. The lowest BCUT2D eigenvalue weighted by Gasteiger charge is -2.14. The number of hydrogen-bond acceptors (Lipinski definition) is 4. The molecule has 8 heteroatoms. The highest BCUT2D eigenvalue weighted by Gasteiger charge is 2.23. The van der Waals surface area contributed by atoms with Gasteiger partial charge >= 0.3 is 5.97 Å². The second-order valence-electron chi connectivity index (χ2n) is 4.11. The van der Waals surface area contributed by atoms with Gasteiger partial charge in [0.2, 0.25) is 5.91 Å². The van der Waals surface area contributed by atoms with Gasteiger partial charge in [0, 0.05) is 19.9 Å². The molecule has 2 amide bonds. The van der Waals surface area contributed by atoms with E-state index in [4.69, 9.17) is 15.6 Å². The summed E-state index contributed by atoms with van der Waals surface area (Å²) in [5.41, 5.74) is 5.24. The highest BCUT2D eigenvalue weighted by atomic mass is 16.5. The van der Waals surface area contributed by atoms with Crippen LogP contribution in [0.3, 0.4) is 0 Å². The average Bonchev–Trinajstić information content (AvgIpc) is 2.83. The summed E-state index contributed by atoms with van der Waals surface area (Å²) in [5, 5.41) is 11.2. The molecule has 1 aromatic rings. The van der Waals surface area contributed by atoms with Crippen molar-refractivity contribution in [3.05, 3.63) is 24.0 Å². The van der Waals surface area contributed by atoms with Crippen molar-refractivity contribution >= 4 is 17.8 Å². The fourth-order valence-corrected chi connectivity index (χ4v) is 1.64. The van der Waals surface area contributed by atoms with Gasteiger partial charge in [-0.15, -0.1) is 0 Å². The minimum absolute atomic E-state index is 0.290. The second kappa shape index (κ2) is 7.29. The molecular formula is C12H17N3O5. The summed E-state index contributed by atoms with van der Waals surface area (Å²) < 4.78 is 6.54. The summed E-state index contributed by atoms with van der Waals surface area (Å²) in [7, 11) is 1.54. The predicted octanol–water partition coefficient (Wildman–Crippen LogP) is -0.807. The normalized spacial score (nSPS) is 11.8. The number of ether oxygens (including phenoxy) is 1. The summed E-state index contributed by atoms with van der Waals surface area (Å²) in [6.45, 7) is 0.873. The SMILES string of the molecule is COCCn1cccc1C(=O)NC(CC(N)=O)C(=O)O. The number of carboxylic acids is 1. The molecular weight excluding hydrogens is 266 g/mol. The summed E-state index contributed by atoms with van der Waals surface area (Å²) in [5.74, 6) is -2.70. The van der Waals surface area contributed by atoms with Crippen LogP contribution in [0.5, 0.6) is 0 Å². The third-order valence-electron chi connectivity index (χ3n) is 2.61. The molecule has 0 radical (unpaired) electrons. The smallest absolute Gasteiger partial charge is 0.326 e. The van der Waals surface area contributed by atoms with Gasteiger partial charge in [0.1, 0.15) is 11.7 Å². The third kappa shape index (κ3) is 4.39. The molecule has 110 valence electrons. The number of hydrogen-bond donors (Lipinski definition) is 3. The number of nitrogens with one attached hydrogen (secondary N) is 1.